The van der Waals surface area contributed by atoms with Crippen molar-refractivity contribution in [2.45, 2.75) is 0 Å². The molecule has 0 saturated carbocycles. The first-order valence-electron chi connectivity index (χ1n) is 1.15. The average molecular weight is 124 g/mol. The van der Waals surface area contributed by atoms with Crippen molar-refractivity contribution in [3.8, 4) is 0 Å². The largest absolute Gasteiger partial charge is 0.482 e. The Labute approximate surface area is 44.7 Å². The summed E-state index contributed by atoms with van der Waals surface area (Å²) in [5.41, 5.74) is 9.62. The van der Waals surface area contributed by atoms with Gasteiger partial charge in [-0.25, -0.2) is 0 Å². The van der Waals surface area contributed by atoms with Crippen molar-refractivity contribution in [1.29, 1.82) is 0 Å². The molecule has 0 aromatic heterocycles. The summed E-state index contributed by atoms with van der Waals surface area (Å²) in [5, 5.41) is 0. The van der Waals surface area contributed by atoms with Crippen LogP contribution >= 0.6 is 0 Å². The van der Waals surface area contributed by atoms with E-state index >= 15 is 0 Å². The molecule has 5 heavy (non-hydrogen) atoms. The Morgan fingerprint density at radius 2 is 1.80 bits per heavy atom. The number of rotatable bonds is 1. The smallest absolute Gasteiger partial charge is 0 e. The molecule has 0 bridgehead atoms. The van der Waals surface area contributed by atoms with Gasteiger partial charge in [0.15, 0.2) is 0 Å². The zero-order valence-electron chi connectivity index (χ0n) is 3.15. The minimum atomic E-state index is 0. The van der Waals surface area contributed by atoms with Gasteiger partial charge >= 0.3 is 0 Å². The first-order chi connectivity index (χ1) is 1.91. The van der Waals surface area contributed by atoms with Crippen LogP contribution in [0, 0.1) is 6.54 Å². The van der Waals surface area contributed by atoms with Gasteiger partial charge in [0, 0.05) is 19.5 Å². The minimum Gasteiger partial charge on any atom is -0.482 e. The Morgan fingerprint density at radius 3 is 1.80 bits per heavy atom. The molecule has 0 aliphatic heterocycles. The molecule has 0 amide bonds. The fraction of sp³-hybridized carbons (Fsp3) is 0.500. The quantitative estimate of drug-likeness (QED) is 0.350. The molecule has 0 saturated heterocycles. The molecule has 0 spiro atoms. The summed E-state index contributed by atoms with van der Waals surface area (Å²) in [6, 6.07) is 0. The van der Waals surface area contributed by atoms with Crippen LogP contribution in [0.4, 0.5) is 0 Å². The predicted octanol–water partition coefficient (Wildman–Crippen LogP) is -0.937. The van der Waals surface area contributed by atoms with E-state index in [4.69, 9.17) is 11.5 Å². The summed E-state index contributed by atoms with van der Waals surface area (Å²) in [7, 11) is 0. The third-order valence-corrected chi connectivity index (χ3v) is 0.136. The molecule has 3 heteroatoms. The minimum absolute atomic E-state index is 0. The van der Waals surface area contributed by atoms with Crippen LogP contribution in [-0.4, -0.2) is 6.54 Å². The first-order valence-corrected chi connectivity index (χ1v) is 1.15. The van der Waals surface area contributed by atoms with Gasteiger partial charge in [0.2, 0.25) is 0 Å². The molecule has 0 aliphatic carbocycles. The van der Waals surface area contributed by atoms with E-state index in [0.717, 1.165) is 0 Å². The van der Waals surface area contributed by atoms with Crippen molar-refractivity contribution in [2.75, 3.05) is 6.54 Å². The van der Waals surface area contributed by atoms with Gasteiger partial charge in [-0.05, 0) is 0 Å². The monoisotopic (exact) mass is 123 g/mol. The van der Waals surface area contributed by atoms with Crippen LogP contribution in [0.25, 0.3) is 0 Å². The van der Waals surface area contributed by atoms with Crippen LogP contribution in [0.2, 0.25) is 0 Å². The summed E-state index contributed by atoms with van der Waals surface area (Å²) < 4.78 is 0. The molecule has 0 aromatic carbocycles. The molecule has 28 valence electrons. The Hall–Kier alpha value is 0.543. The summed E-state index contributed by atoms with van der Waals surface area (Å²) in [5.74, 6) is 0. The zero-order chi connectivity index (χ0) is 3.41. The van der Waals surface area contributed by atoms with Crippen LogP contribution in [0.1, 0.15) is 0 Å². The molecular formula is C2H7N2Zn-. The van der Waals surface area contributed by atoms with Gasteiger partial charge in [-0.3, -0.25) is 6.54 Å². The fourth-order valence-corrected chi connectivity index (χ4v) is 0. The number of nitrogens with two attached hydrogens (primary N) is 2. The maximum Gasteiger partial charge on any atom is 0 e. The molecule has 0 fully saturated rings. The van der Waals surface area contributed by atoms with Crippen LogP contribution in [0.5, 0.6) is 0 Å². The standard InChI is InChI=1S/C2H7N2.Zn/c3-1-2-4;/h1H,2-4H2;/q-1;. The molecule has 2 nitrogen and oxygen atoms in total. The first kappa shape index (κ1) is 9.11. The summed E-state index contributed by atoms with van der Waals surface area (Å²) in [4.78, 5) is 0. The molecule has 0 aliphatic rings. The van der Waals surface area contributed by atoms with Crippen molar-refractivity contribution in [3.05, 3.63) is 6.54 Å². The fourth-order valence-electron chi connectivity index (χ4n) is 0. The Kier molecular flexibility index (Phi) is 16.1. The molecule has 4 N–H and O–H groups in total. The molecule has 0 heterocycles. The molecule has 0 unspecified atom stereocenters. The second kappa shape index (κ2) is 8.82. The Balaban J connectivity index is 0. The van der Waals surface area contributed by atoms with E-state index in [2.05, 4.69) is 0 Å². The molecule has 0 radical (unpaired) electrons. The van der Waals surface area contributed by atoms with Gasteiger partial charge < -0.3 is 11.5 Å². The van der Waals surface area contributed by atoms with E-state index in [0.29, 0.717) is 6.54 Å². The Morgan fingerprint density at radius 1 is 1.60 bits per heavy atom. The van der Waals surface area contributed by atoms with Gasteiger partial charge in [0.1, 0.15) is 0 Å². The van der Waals surface area contributed by atoms with Crippen LogP contribution < -0.4 is 11.5 Å². The third-order valence-electron chi connectivity index (χ3n) is 0.136. The van der Waals surface area contributed by atoms with E-state index in [1.54, 1.807) is 0 Å². The van der Waals surface area contributed by atoms with E-state index < -0.39 is 0 Å². The van der Waals surface area contributed by atoms with E-state index in [1.165, 1.54) is 6.54 Å². The molecule has 0 atom stereocenters. The van der Waals surface area contributed by atoms with Crippen molar-refractivity contribution < 1.29 is 19.5 Å². The molecule has 0 rings (SSSR count). The van der Waals surface area contributed by atoms with Crippen molar-refractivity contribution in [1.82, 2.24) is 0 Å². The van der Waals surface area contributed by atoms with Crippen molar-refractivity contribution in [2.24, 2.45) is 11.5 Å². The van der Waals surface area contributed by atoms with Gasteiger partial charge in [-0.1, -0.05) is 0 Å². The number of hydrogen-bond donors (Lipinski definition) is 2. The van der Waals surface area contributed by atoms with E-state index in [9.17, 15) is 0 Å². The third kappa shape index (κ3) is 12.3. The van der Waals surface area contributed by atoms with Gasteiger partial charge in [-0.2, -0.15) is 0 Å². The second-order valence-corrected chi connectivity index (χ2v) is 0.471. The average Bonchev–Trinajstić information content (AvgIpc) is 1.37. The van der Waals surface area contributed by atoms with E-state index in [-0.39, 0.29) is 19.5 Å². The van der Waals surface area contributed by atoms with E-state index in [1.807, 2.05) is 0 Å². The van der Waals surface area contributed by atoms with Crippen molar-refractivity contribution >= 4 is 0 Å². The molecule has 0 aromatic rings. The topological polar surface area (TPSA) is 52.0 Å². The Bertz CT molecular complexity index is 9.61. The van der Waals surface area contributed by atoms with Crippen LogP contribution in [0.15, 0.2) is 0 Å². The van der Waals surface area contributed by atoms with Crippen LogP contribution in [0.3, 0.4) is 0 Å². The van der Waals surface area contributed by atoms with Gasteiger partial charge in [0.05, 0.1) is 0 Å². The predicted molar refractivity (Wildman–Crippen MR) is 17.5 cm³/mol. The summed E-state index contributed by atoms with van der Waals surface area (Å²) in [6.07, 6.45) is 0. The van der Waals surface area contributed by atoms with Gasteiger partial charge in [0.25, 0.3) is 0 Å². The molecular weight excluding hydrogens is 117 g/mol. The second-order valence-electron chi connectivity index (χ2n) is 0.471. The normalized spacial score (nSPS) is 6.00. The van der Waals surface area contributed by atoms with Gasteiger partial charge in [-0.15, -0.1) is 6.54 Å². The maximum absolute atomic E-state index is 4.85. The SMILES string of the molecule is N[CH-]CN.[Zn]. The maximum atomic E-state index is 4.85. The number of hydrogen-bond acceptors (Lipinski definition) is 2. The van der Waals surface area contributed by atoms with Crippen LogP contribution in [-0.2, 0) is 19.5 Å². The summed E-state index contributed by atoms with van der Waals surface area (Å²) >= 11 is 0. The van der Waals surface area contributed by atoms with Crippen molar-refractivity contribution in [3.63, 3.8) is 0 Å². The zero-order valence-corrected chi connectivity index (χ0v) is 6.11. The summed E-state index contributed by atoms with van der Waals surface area (Å²) in [6.45, 7) is 1.88.